The molecule has 1 aromatic heterocycles. The van der Waals surface area contributed by atoms with E-state index in [2.05, 4.69) is 24.5 Å². The number of carbonyl (C=O) groups is 2. The number of hydrogen-bond donors (Lipinski definition) is 0. The predicted molar refractivity (Wildman–Crippen MR) is 107 cm³/mol. The van der Waals surface area contributed by atoms with Gasteiger partial charge in [0.1, 0.15) is 6.54 Å². The van der Waals surface area contributed by atoms with Crippen LogP contribution in [0, 0.1) is 5.92 Å². The van der Waals surface area contributed by atoms with Gasteiger partial charge in [0, 0.05) is 36.9 Å². The van der Waals surface area contributed by atoms with Crippen LogP contribution >= 0.6 is 0 Å². The molecule has 2 aliphatic carbocycles. The van der Waals surface area contributed by atoms with Crippen molar-refractivity contribution in [1.82, 2.24) is 14.4 Å². The Morgan fingerprint density at radius 1 is 1.19 bits per heavy atom. The summed E-state index contributed by atoms with van der Waals surface area (Å²) in [6.07, 6.45) is 10.5. The predicted octanol–water partition coefficient (Wildman–Crippen LogP) is 3.72. The topological polar surface area (TPSA) is 45.6 Å². The first-order valence-electron chi connectivity index (χ1n) is 10.7. The van der Waals surface area contributed by atoms with Crippen LogP contribution in [0.4, 0.5) is 0 Å². The number of aryl methyl sites for hydroxylation is 1. The Labute approximate surface area is 163 Å². The largest absolute Gasteiger partial charge is 0.353 e. The molecule has 0 spiro atoms. The van der Waals surface area contributed by atoms with Crippen LogP contribution in [0.15, 0.2) is 18.3 Å². The van der Waals surface area contributed by atoms with Gasteiger partial charge in [-0.1, -0.05) is 26.2 Å². The molecule has 1 atom stereocenters. The second kappa shape index (κ2) is 8.94. The zero-order valence-corrected chi connectivity index (χ0v) is 17.2. The second-order valence-corrected chi connectivity index (χ2v) is 8.42. The van der Waals surface area contributed by atoms with Crippen molar-refractivity contribution in [2.75, 3.05) is 6.54 Å². The van der Waals surface area contributed by atoms with Crippen molar-refractivity contribution in [1.29, 1.82) is 0 Å². The van der Waals surface area contributed by atoms with E-state index in [1.54, 1.807) is 0 Å². The smallest absolute Gasteiger partial charge is 0.242 e. The third-order valence-corrected chi connectivity index (χ3v) is 6.36. The van der Waals surface area contributed by atoms with Crippen molar-refractivity contribution < 1.29 is 9.59 Å². The van der Waals surface area contributed by atoms with E-state index in [-0.39, 0.29) is 30.3 Å². The molecule has 0 unspecified atom stereocenters. The molecule has 1 aromatic rings. The number of nitrogens with zero attached hydrogens (tertiary/aromatic N) is 3. The first-order chi connectivity index (χ1) is 13.0. The van der Waals surface area contributed by atoms with Gasteiger partial charge in [-0.25, -0.2) is 0 Å². The number of aromatic nitrogens is 1. The average Bonchev–Trinajstić information content (AvgIpc) is 3.45. The quantitative estimate of drug-likeness (QED) is 0.697. The van der Waals surface area contributed by atoms with Crippen LogP contribution in [0.3, 0.4) is 0 Å². The lowest BCUT2D eigenvalue weighted by Gasteiger charge is -2.34. The Morgan fingerprint density at radius 3 is 2.44 bits per heavy atom. The van der Waals surface area contributed by atoms with E-state index in [1.807, 2.05) is 29.1 Å². The van der Waals surface area contributed by atoms with Gasteiger partial charge in [-0.15, -0.1) is 0 Å². The number of carbonyl (C=O) groups excluding carboxylic acids is 2. The molecule has 2 saturated carbocycles. The molecule has 150 valence electrons. The molecule has 3 rings (SSSR count). The van der Waals surface area contributed by atoms with Gasteiger partial charge in [0.2, 0.25) is 11.8 Å². The van der Waals surface area contributed by atoms with E-state index >= 15 is 0 Å². The maximum atomic E-state index is 13.2. The molecule has 0 bridgehead atoms. The number of amides is 2. The first kappa shape index (κ1) is 20.0. The minimum Gasteiger partial charge on any atom is -0.353 e. The molecule has 2 aliphatic rings. The van der Waals surface area contributed by atoms with Gasteiger partial charge in [-0.3, -0.25) is 9.59 Å². The average molecular weight is 374 g/mol. The van der Waals surface area contributed by atoms with Crippen molar-refractivity contribution in [3.63, 3.8) is 0 Å². The second-order valence-electron chi connectivity index (χ2n) is 8.42. The Kier molecular flexibility index (Phi) is 6.61. The molecule has 0 N–H and O–H groups in total. The van der Waals surface area contributed by atoms with Gasteiger partial charge in [0.15, 0.2) is 0 Å². The summed E-state index contributed by atoms with van der Waals surface area (Å²) in [5.74, 6) is 0.415. The van der Waals surface area contributed by atoms with E-state index in [0.29, 0.717) is 12.6 Å². The molecule has 27 heavy (non-hydrogen) atoms. The zero-order valence-electron chi connectivity index (χ0n) is 17.2. The van der Waals surface area contributed by atoms with Crippen molar-refractivity contribution >= 4 is 11.8 Å². The lowest BCUT2D eigenvalue weighted by molar-refractivity contribution is -0.146. The standard InChI is InChI=1S/C22H35N3O2/c1-4-17(2)24(22(27)18-9-6-5-7-10-18)16-21(26)25(19-12-13-19)15-20-11-8-14-23(20)3/h8,11,14,17-19H,4-7,9-10,12-13,15-16H2,1-3H3/t17-/m0/s1. The summed E-state index contributed by atoms with van der Waals surface area (Å²) < 4.78 is 2.07. The fourth-order valence-corrected chi connectivity index (χ4v) is 4.13. The molecule has 0 aliphatic heterocycles. The van der Waals surface area contributed by atoms with Crippen LogP contribution in [0.2, 0.25) is 0 Å². The number of rotatable bonds is 8. The van der Waals surface area contributed by atoms with Crippen LogP contribution in [0.1, 0.15) is 70.9 Å². The summed E-state index contributed by atoms with van der Waals surface area (Å²) in [5, 5.41) is 0. The zero-order chi connectivity index (χ0) is 19.4. The van der Waals surface area contributed by atoms with Crippen LogP contribution in [0.5, 0.6) is 0 Å². The van der Waals surface area contributed by atoms with Crippen molar-refractivity contribution in [2.45, 2.75) is 83.8 Å². The maximum absolute atomic E-state index is 13.2. The number of hydrogen-bond acceptors (Lipinski definition) is 2. The highest BCUT2D eigenvalue weighted by atomic mass is 16.2. The Hall–Kier alpha value is -1.78. The molecule has 2 amide bonds. The fourth-order valence-electron chi connectivity index (χ4n) is 4.13. The van der Waals surface area contributed by atoms with Gasteiger partial charge in [-0.05, 0) is 51.2 Å². The van der Waals surface area contributed by atoms with E-state index in [9.17, 15) is 9.59 Å². The van der Waals surface area contributed by atoms with E-state index in [1.165, 1.54) is 6.42 Å². The van der Waals surface area contributed by atoms with Crippen molar-refractivity contribution in [2.24, 2.45) is 13.0 Å². The lowest BCUT2D eigenvalue weighted by Crippen LogP contribution is -2.49. The monoisotopic (exact) mass is 373 g/mol. The highest BCUT2D eigenvalue weighted by Crippen LogP contribution is 2.30. The Bertz CT molecular complexity index is 644. The summed E-state index contributed by atoms with van der Waals surface area (Å²) in [6, 6.07) is 4.54. The van der Waals surface area contributed by atoms with E-state index in [0.717, 1.165) is 50.6 Å². The van der Waals surface area contributed by atoms with Gasteiger partial charge in [-0.2, -0.15) is 0 Å². The third-order valence-electron chi connectivity index (χ3n) is 6.36. The molecule has 5 heteroatoms. The molecule has 2 fully saturated rings. The molecule has 0 saturated heterocycles. The summed E-state index contributed by atoms with van der Waals surface area (Å²) in [7, 11) is 2.02. The molecule has 5 nitrogen and oxygen atoms in total. The SMILES string of the molecule is CC[C@H](C)N(CC(=O)N(Cc1cccn1C)C1CC1)C(=O)C1CCCCC1. The van der Waals surface area contributed by atoms with Crippen molar-refractivity contribution in [3.8, 4) is 0 Å². The van der Waals surface area contributed by atoms with Crippen LogP contribution in [-0.2, 0) is 23.2 Å². The highest BCUT2D eigenvalue weighted by Gasteiger charge is 2.36. The van der Waals surface area contributed by atoms with Gasteiger partial charge in [0.25, 0.3) is 0 Å². The fraction of sp³-hybridized carbons (Fsp3) is 0.727. The van der Waals surface area contributed by atoms with Crippen LogP contribution < -0.4 is 0 Å². The molecule has 0 aromatic carbocycles. The lowest BCUT2D eigenvalue weighted by atomic mass is 9.88. The van der Waals surface area contributed by atoms with E-state index < -0.39 is 0 Å². The van der Waals surface area contributed by atoms with Gasteiger partial charge < -0.3 is 14.4 Å². The minimum atomic E-state index is 0.100. The molecular weight excluding hydrogens is 338 g/mol. The summed E-state index contributed by atoms with van der Waals surface area (Å²) in [4.78, 5) is 30.2. The summed E-state index contributed by atoms with van der Waals surface area (Å²) in [6.45, 7) is 5.04. The van der Waals surface area contributed by atoms with E-state index in [4.69, 9.17) is 0 Å². The Balaban J connectivity index is 1.70. The van der Waals surface area contributed by atoms with Crippen molar-refractivity contribution in [3.05, 3.63) is 24.0 Å². The van der Waals surface area contributed by atoms with Gasteiger partial charge in [0.05, 0.1) is 6.54 Å². The molecule has 1 heterocycles. The highest BCUT2D eigenvalue weighted by molar-refractivity contribution is 5.86. The first-order valence-corrected chi connectivity index (χ1v) is 10.7. The summed E-state index contributed by atoms with van der Waals surface area (Å²) >= 11 is 0. The Morgan fingerprint density at radius 2 is 1.89 bits per heavy atom. The normalized spacial score (nSPS) is 18.9. The molecule has 0 radical (unpaired) electrons. The van der Waals surface area contributed by atoms with Crippen LogP contribution in [-0.4, -0.2) is 44.8 Å². The molecular formula is C22H35N3O2. The van der Waals surface area contributed by atoms with Gasteiger partial charge >= 0.3 is 0 Å². The summed E-state index contributed by atoms with van der Waals surface area (Å²) in [5.41, 5.74) is 1.14. The maximum Gasteiger partial charge on any atom is 0.242 e. The van der Waals surface area contributed by atoms with Crippen LogP contribution in [0.25, 0.3) is 0 Å². The minimum absolute atomic E-state index is 0.100. The third kappa shape index (κ3) is 4.94.